The number of nitrogens with zero attached hydrogens (tertiary/aromatic N) is 2. The van der Waals surface area contributed by atoms with E-state index in [2.05, 4.69) is 33.6 Å². The number of aryl methyl sites for hydroxylation is 1. The Morgan fingerprint density at radius 3 is 2.88 bits per heavy atom. The SMILES string of the molecule is CCOc1cc(I)cc2c1nc(CCl)n2C. The molecule has 5 heteroatoms. The zero-order valence-corrected chi connectivity index (χ0v) is 12.0. The van der Waals surface area contributed by atoms with Crippen molar-refractivity contribution < 1.29 is 4.74 Å². The summed E-state index contributed by atoms with van der Waals surface area (Å²) < 4.78 is 8.73. The van der Waals surface area contributed by atoms with Gasteiger partial charge in [0.2, 0.25) is 0 Å². The highest BCUT2D eigenvalue weighted by atomic mass is 127. The first-order chi connectivity index (χ1) is 7.67. The summed E-state index contributed by atoms with van der Waals surface area (Å²) in [5.41, 5.74) is 1.95. The largest absolute Gasteiger partial charge is 0.491 e. The number of aromatic nitrogens is 2. The van der Waals surface area contributed by atoms with Crippen LogP contribution in [0.15, 0.2) is 12.1 Å². The maximum absolute atomic E-state index is 5.85. The molecule has 0 aliphatic rings. The van der Waals surface area contributed by atoms with Crippen LogP contribution in [0.3, 0.4) is 0 Å². The third-order valence-electron chi connectivity index (χ3n) is 2.43. The lowest BCUT2D eigenvalue weighted by atomic mass is 10.3. The maximum atomic E-state index is 5.85. The van der Waals surface area contributed by atoms with Crippen LogP contribution in [0.2, 0.25) is 0 Å². The van der Waals surface area contributed by atoms with Gasteiger partial charge in [0.25, 0.3) is 0 Å². The van der Waals surface area contributed by atoms with Gasteiger partial charge in [-0.2, -0.15) is 0 Å². The number of ether oxygens (including phenoxy) is 1. The van der Waals surface area contributed by atoms with E-state index in [0.29, 0.717) is 12.5 Å². The fourth-order valence-electron chi connectivity index (χ4n) is 1.66. The number of fused-ring (bicyclic) bond motifs is 1. The molecule has 0 amide bonds. The van der Waals surface area contributed by atoms with Gasteiger partial charge in [0, 0.05) is 10.6 Å². The predicted octanol–water partition coefficient (Wildman–Crippen LogP) is 3.32. The second kappa shape index (κ2) is 4.79. The number of alkyl halides is 1. The fraction of sp³-hybridized carbons (Fsp3) is 0.364. The van der Waals surface area contributed by atoms with Crippen LogP contribution < -0.4 is 4.74 Å². The lowest BCUT2D eigenvalue weighted by Gasteiger charge is -2.05. The van der Waals surface area contributed by atoms with Gasteiger partial charge in [0.1, 0.15) is 17.1 Å². The molecule has 2 aromatic rings. The van der Waals surface area contributed by atoms with Crippen molar-refractivity contribution >= 4 is 45.2 Å². The lowest BCUT2D eigenvalue weighted by Crippen LogP contribution is -1.94. The predicted molar refractivity (Wildman–Crippen MR) is 74.2 cm³/mol. The fourth-order valence-corrected chi connectivity index (χ4v) is 2.47. The summed E-state index contributed by atoms with van der Waals surface area (Å²) in [5, 5.41) is 0. The molecular formula is C11H12ClIN2O. The summed E-state index contributed by atoms with van der Waals surface area (Å²) in [6.07, 6.45) is 0. The molecular weight excluding hydrogens is 338 g/mol. The second-order valence-electron chi connectivity index (χ2n) is 3.43. The van der Waals surface area contributed by atoms with Gasteiger partial charge < -0.3 is 9.30 Å². The summed E-state index contributed by atoms with van der Waals surface area (Å²) in [4.78, 5) is 4.49. The Bertz CT molecular complexity index is 524. The van der Waals surface area contributed by atoms with E-state index in [1.54, 1.807) is 0 Å². The maximum Gasteiger partial charge on any atom is 0.148 e. The molecule has 0 aliphatic carbocycles. The quantitative estimate of drug-likeness (QED) is 0.627. The summed E-state index contributed by atoms with van der Waals surface area (Å²) >= 11 is 8.12. The zero-order valence-electron chi connectivity index (χ0n) is 9.13. The summed E-state index contributed by atoms with van der Waals surface area (Å²) in [6.45, 7) is 2.61. The van der Waals surface area contributed by atoms with E-state index >= 15 is 0 Å². The Morgan fingerprint density at radius 1 is 1.50 bits per heavy atom. The topological polar surface area (TPSA) is 27.1 Å². The molecule has 0 saturated heterocycles. The van der Waals surface area contributed by atoms with Crippen LogP contribution in [-0.4, -0.2) is 16.2 Å². The number of hydrogen-bond acceptors (Lipinski definition) is 2. The Morgan fingerprint density at radius 2 is 2.25 bits per heavy atom. The monoisotopic (exact) mass is 350 g/mol. The van der Waals surface area contributed by atoms with Crippen molar-refractivity contribution in [1.29, 1.82) is 0 Å². The molecule has 0 N–H and O–H groups in total. The van der Waals surface area contributed by atoms with Crippen LogP contribution in [0, 0.1) is 3.57 Å². The van der Waals surface area contributed by atoms with Gasteiger partial charge in [-0.3, -0.25) is 0 Å². The average Bonchev–Trinajstić information content (AvgIpc) is 2.57. The molecule has 16 heavy (non-hydrogen) atoms. The van der Waals surface area contributed by atoms with Crippen molar-refractivity contribution in [2.24, 2.45) is 7.05 Å². The van der Waals surface area contributed by atoms with Gasteiger partial charge in [-0.15, -0.1) is 11.6 Å². The number of hydrogen-bond donors (Lipinski definition) is 0. The van der Waals surface area contributed by atoms with Crippen LogP contribution in [0.5, 0.6) is 5.75 Å². The molecule has 0 aliphatic heterocycles. The van der Waals surface area contributed by atoms with E-state index in [9.17, 15) is 0 Å². The number of imidazole rings is 1. The molecule has 0 radical (unpaired) electrons. The lowest BCUT2D eigenvalue weighted by molar-refractivity contribution is 0.343. The molecule has 0 fully saturated rings. The van der Waals surface area contributed by atoms with Gasteiger partial charge in [0.15, 0.2) is 0 Å². The van der Waals surface area contributed by atoms with Gasteiger partial charge >= 0.3 is 0 Å². The normalized spacial score (nSPS) is 11.0. The van der Waals surface area contributed by atoms with E-state index < -0.39 is 0 Å². The summed E-state index contributed by atoms with van der Waals surface area (Å²) in [6, 6.07) is 4.08. The molecule has 86 valence electrons. The first-order valence-electron chi connectivity index (χ1n) is 5.01. The number of benzene rings is 1. The van der Waals surface area contributed by atoms with E-state index in [4.69, 9.17) is 16.3 Å². The van der Waals surface area contributed by atoms with Crippen LogP contribution in [0.25, 0.3) is 11.0 Å². The first-order valence-corrected chi connectivity index (χ1v) is 6.62. The van der Waals surface area contributed by atoms with Crippen LogP contribution >= 0.6 is 34.2 Å². The number of halogens is 2. The molecule has 1 aromatic carbocycles. The summed E-state index contributed by atoms with van der Waals surface area (Å²) in [7, 11) is 1.97. The Hall–Kier alpha value is -0.490. The molecule has 1 heterocycles. The molecule has 3 nitrogen and oxygen atoms in total. The Labute approximate surface area is 113 Å². The van der Waals surface area contributed by atoms with Gasteiger partial charge in [0.05, 0.1) is 18.0 Å². The minimum absolute atomic E-state index is 0.410. The van der Waals surface area contributed by atoms with E-state index in [1.807, 2.05) is 24.6 Å². The second-order valence-corrected chi connectivity index (χ2v) is 4.94. The van der Waals surface area contributed by atoms with Crippen molar-refractivity contribution in [1.82, 2.24) is 9.55 Å². The molecule has 2 rings (SSSR count). The van der Waals surface area contributed by atoms with Crippen LogP contribution in [-0.2, 0) is 12.9 Å². The third kappa shape index (κ3) is 2.00. The van der Waals surface area contributed by atoms with Crippen molar-refractivity contribution in [2.45, 2.75) is 12.8 Å². The van der Waals surface area contributed by atoms with Crippen molar-refractivity contribution in [2.75, 3.05) is 6.61 Å². The first kappa shape index (κ1) is 12.0. The van der Waals surface area contributed by atoms with E-state index in [0.717, 1.165) is 26.2 Å². The molecule has 0 saturated carbocycles. The smallest absolute Gasteiger partial charge is 0.148 e. The summed E-state index contributed by atoms with van der Waals surface area (Å²) in [5.74, 6) is 2.10. The highest BCUT2D eigenvalue weighted by Gasteiger charge is 2.12. The minimum Gasteiger partial charge on any atom is -0.491 e. The minimum atomic E-state index is 0.410. The molecule has 0 unspecified atom stereocenters. The highest BCUT2D eigenvalue weighted by molar-refractivity contribution is 14.1. The molecule has 0 atom stereocenters. The molecule has 1 aromatic heterocycles. The van der Waals surface area contributed by atoms with Crippen LogP contribution in [0.4, 0.5) is 0 Å². The standard InChI is InChI=1S/C11H12ClIN2O/c1-3-16-9-5-7(13)4-8-11(9)14-10(6-12)15(8)2/h4-5H,3,6H2,1-2H3. The van der Waals surface area contributed by atoms with E-state index in [-0.39, 0.29) is 0 Å². The van der Waals surface area contributed by atoms with Crippen molar-refractivity contribution in [3.63, 3.8) is 0 Å². The van der Waals surface area contributed by atoms with Crippen LogP contribution in [0.1, 0.15) is 12.7 Å². The zero-order chi connectivity index (χ0) is 11.7. The molecule has 0 spiro atoms. The van der Waals surface area contributed by atoms with Gasteiger partial charge in [-0.25, -0.2) is 4.98 Å². The highest BCUT2D eigenvalue weighted by Crippen LogP contribution is 2.28. The van der Waals surface area contributed by atoms with Crippen molar-refractivity contribution in [3.8, 4) is 5.75 Å². The number of rotatable bonds is 3. The van der Waals surface area contributed by atoms with Crippen molar-refractivity contribution in [3.05, 3.63) is 21.5 Å². The van der Waals surface area contributed by atoms with Gasteiger partial charge in [-0.1, -0.05) is 0 Å². The molecule has 0 bridgehead atoms. The van der Waals surface area contributed by atoms with Gasteiger partial charge in [-0.05, 0) is 41.6 Å². The Kier molecular flexibility index (Phi) is 3.59. The van der Waals surface area contributed by atoms with E-state index in [1.165, 1.54) is 0 Å². The average molecular weight is 351 g/mol. The third-order valence-corrected chi connectivity index (χ3v) is 3.29. The Balaban J connectivity index is 2.71.